The zero-order valence-electron chi connectivity index (χ0n) is 11.3. The summed E-state index contributed by atoms with van der Waals surface area (Å²) in [6.45, 7) is 0. The van der Waals surface area contributed by atoms with Crippen LogP contribution in [0.1, 0.15) is 11.1 Å². The third-order valence-corrected chi connectivity index (χ3v) is 4.47. The molecule has 2 unspecified atom stereocenters. The van der Waals surface area contributed by atoms with Gasteiger partial charge in [-0.05, 0) is 17.4 Å². The Bertz CT molecular complexity index is 657. The van der Waals surface area contributed by atoms with Crippen LogP contribution in [0.5, 0.6) is 0 Å². The first-order valence-corrected chi connectivity index (χ1v) is 7.27. The van der Waals surface area contributed by atoms with Crippen molar-refractivity contribution in [2.45, 2.75) is 0 Å². The molecular formula is C20H17-. The van der Waals surface area contributed by atoms with Gasteiger partial charge in [0, 0.05) is 5.92 Å². The Hall–Kier alpha value is -2.21. The Labute approximate surface area is 120 Å². The van der Waals surface area contributed by atoms with Gasteiger partial charge in [-0.25, -0.2) is 0 Å². The van der Waals surface area contributed by atoms with E-state index in [0.717, 1.165) is 0 Å². The van der Waals surface area contributed by atoms with E-state index in [-0.39, 0.29) is 0 Å². The van der Waals surface area contributed by atoms with Crippen LogP contribution in [0.25, 0.3) is 12.2 Å². The second kappa shape index (κ2) is 4.72. The second-order valence-electron chi connectivity index (χ2n) is 5.63. The molecule has 1 aromatic carbocycles. The van der Waals surface area contributed by atoms with Gasteiger partial charge in [0.2, 0.25) is 0 Å². The first kappa shape index (κ1) is 11.6. The molecule has 0 saturated carbocycles. The quantitative estimate of drug-likeness (QED) is 0.627. The molecule has 0 amide bonds. The van der Waals surface area contributed by atoms with Crippen molar-refractivity contribution in [1.29, 1.82) is 0 Å². The molecule has 0 heteroatoms. The Balaban J connectivity index is 1.68. The molecule has 3 aliphatic rings. The van der Waals surface area contributed by atoms with E-state index in [1.165, 1.54) is 16.7 Å². The predicted octanol–water partition coefficient (Wildman–Crippen LogP) is 4.92. The summed E-state index contributed by atoms with van der Waals surface area (Å²) in [6.07, 6.45) is 24.9. The number of allylic oxidation sites excluding steroid dienone is 10. The molecule has 2 atom stereocenters. The van der Waals surface area contributed by atoms with Crippen molar-refractivity contribution < 1.29 is 0 Å². The molecule has 0 spiro atoms. The topological polar surface area (TPSA) is 0 Å². The van der Waals surface area contributed by atoms with Crippen LogP contribution in [0.2, 0.25) is 0 Å². The summed E-state index contributed by atoms with van der Waals surface area (Å²) >= 11 is 0. The van der Waals surface area contributed by atoms with Gasteiger partial charge in [0.15, 0.2) is 0 Å². The molecule has 0 radical (unpaired) electrons. The molecule has 4 rings (SSSR count). The summed E-state index contributed by atoms with van der Waals surface area (Å²) in [5.74, 6) is 1.47. The van der Waals surface area contributed by atoms with Crippen molar-refractivity contribution in [3.8, 4) is 0 Å². The number of fused-ring (bicyclic) bond motifs is 2. The molecule has 0 fully saturated rings. The summed E-state index contributed by atoms with van der Waals surface area (Å²) in [5.41, 5.74) is 4.09. The van der Waals surface area contributed by atoms with E-state index in [4.69, 9.17) is 0 Å². The minimum atomic E-state index is 0.453. The van der Waals surface area contributed by atoms with Gasteiger partial charge in [-0.3, -0.25) is 0 Å². The van der Waals surface area contributed by atoms with Crippen LogP contribution in [0.4, 0.5) is 0 Å². The van der Waals surface area contributed by atoms with E-state index in [1.54, 1.807) is 0 Å². The summed E-state index contributed by atoms with van der Waals surface area (Å²) in [4.78, 5) is 0. The van der Waals surface area contributed by atoms with Gasteiger partial charge in [0.25, 0.3) is 0 Å². The molecule has 0 heterocycles. The van der Waals surface area contributed by atoms with Crippen molar-refractivity contribution >= 4 is 12.2 Å². The van der Waals surface area contributed by atoms with Crippen LogP contribution in [0.15, 0.2) is 78.5 Å². The van der Waals surface area contributed by atoms with Crippen LogP contribution >= 0.6 is 0 Å². The van der Waals surface area contributed by atoms with E-state index in [9.17, 15) is 0 Å². The van der Waals surface area contributed by atoms with Crippen molar-refractivity contribution in [3.05, 3.63) is 89.6 Å². The molecule has 0 bridgehead atoms. The molecule has 1 aromatic rings. The molecular weight excluding hydrogens is 240 g/mol. The lowest BCUT2D eigenvalue weighted by atomic mass is 9.79. The zero-order chi connectivity index (χ0) is 13.4. The molecule has 0 aliphatic heterocycles. The highest BCUT2D eigenvalue weighted by molar-refractivity contribution is 5.69. The van der Waals surface area contributed by atoms with Crippen molar-refractivity contribution in [3.63, 3.8) is 0 Å². The Morgan fingerprint density at radius 1 is 0.900 bits per heavy atom. The second-order valence-corrected chi connectivity index (χ2v) is 5.63. The maximum atomic E-state index is 2.35. The van der Waals surface area contributed by atoms with Gasteiger partial charge in [0.05, 0.1) is 0 Å². The van der Waals surface area contributed by atoms with Crippen molar-refractivity contribution in [2.24, 2.45) is 17.8 Å². The molecule has 20 heavy (non-hydrogen) atoms. The first-order valence-electron chi connectivity index (χ1n) is 7.27. The Morgan fingerprint density at radius 3 is 2.90 bits per heavy atom. The summed E-state index contributed by atoms with van der Waals surface area (Å²) in [7, 11) is 0. The van der Waals surface area contributed by atoms with E-state index < -0.39 is 0 Å². The lowest BCUT2D eigenvalue weighted by molar-refractivity contribution is 0.479. The lowest BCUT2D eigenvalue weighted by Crippen LogP contribution is -2.17. The normalized spacial score (nSPS) is 29.8. The van der Waals surface area contributed by atoms with Crippen LogP contribution in [-0.2, 0) is 0 Å². The largest absolute Gasteiger partial charge is 0.152 e. The highest BCUT2D eigenvalue weighted by atomic mass is 14.3. The SMILES string of the molecule is C1=CC2=CC=CC2C(C2C=Cc3ccc[c-]3C=C2)C=C1. The molecule has 0 N–H and O–H groups in total. The van der Waals surface area contributed by atoms with Crippen molar-refractivity contribution in [2.75, 3.05) is 0 Å². The fraction of sp³-hybridized carbons (Fsp3) is 0.150. The summed E-state index contributed by atoms with van der Waals surface area (Å²) < 4.78 is 0. The number of hydrogen-bond donors (Lipinski definition) is 0. The van der Waals surface area contributed by atoms with Crippen molar-refractivity contribution in [1.82, 2.24) is 0 Å². The number of rotatable bonds is 1. The monoisotopic (exact) mass is 257 g/mol. The average molecular weight is 257 g/mol. The minimum Gasteiger partial charge on any atom is -0.152 e. The number of hydrogen-bond acceptors (Lipinski definition) is 0. The Kier molecular flexibility index (Phi) is 2.74. The fourth-order valence-electron chi connectivity index (χ4n) is 3.37. The molecule has 98 valence electrons. The Morgan fingerprint density at radius 2 is 1.90 bits per heavy atom. The van der Waals surface area contributed by atoms with Gasteiger partial charge in [-0.1, -0.05) is 48.1 Å². The highest BCUT2D eigenvalue weighted by Crippen LogP contribution is 2.38. The third-order valence-electron chi connectivity index (χ3n) is 4.47. The maximum absolute atomic E-state index is 2.35. The van der Waals surface area contributed by atoms with Crippen LogP contribution < -0.4 is 0 Å². The smallest absolute Gasteiger partial charge is 0.00863 e. The minimum absolute atomic E-state index is 0.453. The third kappa shape index (κ3) is 1.89. The molecule has 3 aliphatic carbocycles. The molecule has 0 aromatic heterocycles. The average Bonchev–Trinajstić information content (AvgIpc) is 3.01. The van der Waals surface area contributed by atoms with E-state index in [2.05, 4.69) is 85.0 Å². The van der Waals surface area contributed by atoms with Crippen LogP contribution in [-0.4, -0.2) is 0 Å². The van der Waals surface area contributed by atoms with E-state index in [1.807, 2.05) is 0 Å². The molecule has 0 nitrogen and oxygen atoms in total. The predicted molar refractivity (Wildman–Crippen MR) is 86.1 cm³/mol. The first-order chi connectivity index (χ1) is 9.92. The zero-order valence-corrected chi connectivity index (χ0v) is 11.3. The maximum Gasteiger partial charge on any atom is 0.00863 e. The van der Waals surface area contributed by atoms with Gasteiger partial charge < -0.3 is 0 Å². The van der Waals surface area contributed by atoms with Gasteiger partial charge in [-0.2, -0.15) is 12.1 Å². The van der Waals surface area contributed by atoms with Crippen LogP contribution in [0.3, 0.4) is 0 Å². The van der Waals surface area contributed by atoms with E-state index >= 15 is 0 Å². The lowest BCUT2D eigenvalue weighted by Gasteiger charge is -2.26. The van der Waals surface area contributed by atoms with Crippen LogP contribution in [0, 0.1) is 17.8 Å². The highest BCUT2D eigenvalue weighted by Gasteiger charge is 2.26. The molecule has 0 saturated heterocycles. The summed E-state index contributed by atoms with van der Waals surface area (Å²) in [6, 6.07) is 6.49. The summed E-state index contributed by atoms with van der Waals surface area (Å²) in [5, 5.41) is 0. The standard InChI is InChI=1S/C20H17/c1-2-9-19(20-10-4-8-17(20)5-1)18-13-11-15-6-3-7-16(15)12-14-18/h1-14,18-20H/q-1. The van der Waals surface area contributed by atoms with Gasteiger partial charge in [-0.15, -0.1) is 35.9 Å². The fourth-order valence-corrected chi connectivity index (χ4v) is 3.37. The van der Waals surface area contributed by atoms with E-state index in [0.29, 0.717) is 17.8 Å². The van der Waals surface area contributed by atoms with Gasteiger partial charge in [0.1, 0.15) is 0 Å². The van der Waals surface area contributed by atoms with Gasteiger partial charge >= 0.3 is 0 Å².